The third-order valence-corrected chi connectivity index (χ3v) is 10.5. The second kappa shape index (κ2) is 11.9. The third kappa shape index (κ3) is 6.20. The largest absolute Gasteiger partial charge is 0.497 e. The number of rotatable bonds is 12. The molecular weight excluding hydrogens is 561 g/mol. The van der Waals surface area contributed by atoms with Crippen LogP contribution in [0.15, 0.2) is 76.0 Å². The molecule has 0 aliphatic carbocycles. The van der Waals surface area contributed by atoms with Crippen LogP contribution >= 0.6 is 23.1 Å². The lowest BCUT2D eigenvalue weighted by Crippen LogP contribution is -2.56. The van der Waals surface area contributed by atoms with Gasteiger partial charge in [0.25, 0.3) is 0 Å². The van der Waals surface area contributed by atoms with Crippen molar-refractivity contribution >= 4 is 49.1 Å². The summed E-state index contributed by atoms with van der Waals surface area (Å²) in [7, 11) is -3.00. The van der Waals surface area contributed by atoms with Crippen LogP contribution in [-0.4, -0.2) is 60.0 Å². The number of thioether (sulfide) groups is 1. The molecule has 3 aromatic carbocycles. The fraction of sp³-hybridized carbons (Fsp3) is 0.259. The van der Waals surface area contributed by atoms with Gasteiger partial charge in [0.1, 0.15) is 11.5 Å². The van der Waals surface area contributed by atoms with Crippen molar-refractivity contribution in [2.75, 3.05) is 19.5 Å². The molecule has 39 heavy (non-hydrogen) atoms. The van der Waals surface area contributed by atoms with Crippen molar-refractivity contribution in [1.82, 2.24) is 4.98 Å². The minimum absolute atomic E-state index is 0.0102. The minimum atomic E-state index is -4.56. The number of fused-ring (bicyclic) bond motifs is 1. The predicted octanol–water partition coefficient (Wildman–Crippen LogP) is 4.43. The molecule has 2 unspecified atom stereocenters. The normalized spacial score (nSPS) is 14.1. The van der Waals surface area contributed by atoms with Crippen molar-refractivity contribution in [3.63, 3.8) is 0 Å². The molecule has 0 radical (unpaired) electrons. The van der Waals surface area contributed by atoms with E-state index in [2.05, 4.69) is 4.98 Å². The fourth-order valence-electron chi connectivity index (χ4n) is 3.91. The lowest BCUT2D eigenvalue weighted by atomic mass is 10.1. The van der Waals surface area contributed by atoms with Gasteiger partial charge >= 0.3 is 5.97 Å². The first-order chi connectivity index (χ1) is 18.6. The number of carboxylic acid groups (broad SMARTS) is 1. The molecular formula is C27H28N2O7S3. The summed E-state index contributed by atoms with van der Waals surface area (Å²) >= 11 is 2.59. The number of ether oxygens (including phenoxy) is 2. The zero-order chi connectivity index (χ0) is 28.2. The van der Waals surface area contributed by atoms with Gasteiger partial charge in [-0.2, -0.15) is 0 Å². The van der Waals surface area contributed by atoms with Crippen LogP contribution in [0.1, 0.15) is 13.3 Å². The van der Waals surface area contributed by atoms with E-state index in [0.29, 0.717) is 16.7 Å². The summed E-state index contributed by atoms with van der Waals surface area (Å²) in [6, 6.07) is 18.5. The summed E-state index contributed by atoms with van der Waals surface area (Å²) in [5.41, 5.74) is 8.33. The lowest BCUT2D eigenvalue weighted by Gasteiger charge is -2.27. The molecule has 0 fully saturated rings. The molecule has 12 heteroatoms. The average molecular weight is 589 g/mol. The third-order valence-electron chi connectivity index (χ3n) is 6.02. The first-order valence-corrected chi connectivity index (χ1v) is 15.2. The smallest absolute Gasteiger partial charge is 0.340 e. The second-order valence-corrected chi connectivity index (χ2v) is 13.2. The van der Waals surface area contributed by atoms with Gasteiger partial charge < -0.3 is 25.4 Å². The fourth-order valence-corrected chi connectivity index (χ4v) is 7.52. The average Bonchev–Trinajstić information content (AvgIpc) is 3.34. The number of carboxylic acids is 1. The van der Waals surface area contributed by atoms with Crippen molar-refractivity contribution in [1.29, 1.82) is 0 Å². The molecule has 0 saturated heterocycles. The number of nitrogens with zero attached hydrogens (tertiary/aromatic N) is 1. The first-order valence-electron chi connectivity index (χ1n) is 11.9. The molecule has 4 rings (SSSR count). The number of carbonyl (C=O) groups is 1. The van der Waals surface area contributed by atoms with E-state index in [9.17, 15) is 23.4 Å². The van der Waals surface area contributed by atoms with Gasteiger partial charge in [-0.25, -0.2) is 18.2 Å². The Morgan fingerprint density at radius 3 is 2.28 bits per heavy atom. The van der Waals surface area contributed by atoms with Crippen LogP contribution in [0.5, 0.6) is 11.5 Å². The van der Waals surface area contributed by atoms with Gasteiger partial charge in [-0.05, 0) is 60.5 Å². The van der Waals surface area contributed by atoms with E-state index in [-0.39, 0.29) is 10.6 Å². The summed E-state index contributed by atoms with van der Waals surface area (Å²) in [6.07, 6.45) is -2.02. The van der Waals surface area contributed by atoms with Crippen LogP contribution < -0.4 is 15.2 Å². The summed E-state index contributed by atoms with van der Waals surface area (Å²) < 4.78 is 39.0. The lowest BCUT2D eigenvalue weighted by molar-refractivity contribution is -0.140. The molecule has 2 atom stereocenters. The van der Waals surface area contributed by atoms with E-state index < -0.39 is 33.2 Å². The number of methoxy groups -OCH3 is 1. The highest BCUT2D eigenvalue weighted by atomic mass is 32.2. The van der Waals surface area contributed by atoms with Crippen LogP contribution in [0.25, 0.3) is 21.3 Å². The number of aliphatic carboxylic acids is 1. The van der Waals surface area contributed by atoms with Crippen LogP contribution in [0.4, 0.5) is 0 Å². The predicted molar refractivity (Wildman–Crippen MR) is 152 cm³/mol. The highest BCUT2D eigenvalue weighted by molar-refractivity contribution is 8.01. The monoisotopic (exact) mass is 588 g/mol. The zero-order valence-corrected chi connectivity index (χ0v) is 23.7. The molecule has 0 spiro atoms. The number of hydrogen-bond acceptors (Lipinski definition) is 10. The van der Waals surface area contributed by atoms with Crippen molar-refractivity contribution in [2.45, 2.75) is 33.6 Å². The minimum Gasteiger partial charge on any atom is -0.497 e. The van der Waals surface area contributed by atoms with Gasteiger partial charge in [0, 0.05) is 12.2 Å². The molecule has 1 aromatic heterocycles. The number of aliphatic hydroxyl groups is 1. The molecule has 4 N–H and O–H groups in total. The van der Waals surface area contributed by atoms with Crippen molar-refractivity contribution in [3.05, 3.63) is 66.7 Å². The Morgan fingerprint density at radius 2 is 1.69 bits per heavy atom. The van der Waals surface area contributed by atoms with E-state index in [1.54, 1.807) is 31.4 Å². The Labute approximate surface area is 234 Å². The van der Waals surface area contributed by atoms with Gasteiger partial charge in [0.15, 0.2) is 4.34 Å². The standard InChI is InChI=1S/C27H28N2O7S3/c1-3-36-21-10-13-23-24(14-21)38-26(29-23)37-16-19(30)15-27(28,25(31)32)39(33,34)22-11-6-18(7-12-22)17-4-8-20(35-2)9-5-17/h4-14,19,30H,3,15-16,28H2,1-2H3,(H,31,32). The summed E-state index contributed by atoms with van der Waals surface area (Å²) in [4.78, 5) is 13.7. The van der Waals surface area contributed by atoms with Gasteiger partial charge in [0.2, 0.25) is 14.7 Å². The first kappa shape index (κ1) is 28.8. The Balaban J connectivity index is 1.47. The molecule has 0 amide bonds. The SMILES string of the molecule is CCOc1ccc2nc(SCC(O)CC(N)(C(=O)O)S(=O)(=O)c3ccc(-c4ccc(OC)cc4)cc3)sc2c1. The van der Waals surface area contributed by atoms with Crippen molar-refractivity contribution in [2.24, 2.45) is 5.73 Å². The molecule has 0 aliphatic heterocycles. The highest BCUT2D eigenvalue weighted by Gasteiger charge is 2.49. The van der Waals surface area contributed by atoms with Crippen LogP contribution in [0.3, 0.4) is 0 Å². The Hall–Kier alpha value is -3.16. The Morgan fingerprint density at radius 1 is 1.08 bits per heavy atom. The van der Waals surface area contributed by atoms with Crippen LogP contribution in [0, 0.1) is 0 Å². The second-order valence-electron chi connectivity index (χ2n) is 8.66. The number of benzene rings is 3. The molecule has 206 valence electrons. The van der Waals surface area contributed by atoms with E-state index in [1.165, 1.54) is 35.2 Å². The molecule has 1 heterocycles. The molecule has 0 aliphatic rings. The Kier molecular flexibility index (Phi) is 8.82. The van der Waals surface area contributed by atoms with E-state index in [0.717, 1.165) is 27.1 Å². The van der Waals surface area contributed by atoms with Crippen molar-refractivity contribution < 1.29 is 32.9 Å². The maximum absolute atomic E-state index is 13.4. The van der Waals surface area contributed by atoms with Crippen molar-refractivity contribution in [3.8, 4) is 22.6 Å². The number of aliphatic hydroxyl groups excluding tert-OH is 1. The number of hydrogen-bond donors (Lipinski definition) is 3. The quantitative estimate of drug-likeness (QED) is 0.203. The topological polar surface area (TPSA) is 149 Å². The molecule has 0 saturated carbocycles. The number of aromatic nitrogens is 1. The molecule has 9 nitrogen and oxygen atoms in total. The summed E-state index contributed by atoms with van der Waals surface area (Å²) in [5, 5.41) is 20.5. The van der Waals surface area contributed by atoms with Gasteiger partial charge in [-0.1, -0.05) is 36.0 Å². The number of thiazole rings is 1. The summed E-state index contributed by atoms with van der Waals surface area (Å²) in [6.45, 7) is 2.43. The Bertz CT molecular complexity index is 1550. The van der Waals surface area contributed by atoms with Gasteiger partial charge in [-0.15, -0.1) is 11.3 Å². The highest BCUT2D eigenvalue weighted by Crippen LogP contribution is 2.34. The maximum Gasteiger partial charge on any atom is 0.340 e. The zero-order valence-electron chi connectivity index (χ0n) is 21.2. The summed E-state index contributed by atoms with van der Waals surface area (Å²) in [5.74, 6) is -0.324. The van der Waals surface area contributed by atoms with E-state index in [1.807, 2.05) is 37.3 Å². The van der Waals surface area contributed by atoms with Gasteiger partial charge in [0.05, 0.1) is 34.9 Å². The number of nitrogens with two attached hydrogens (primary N) is 1. The van der Waals surface area contributed by atoms with Gasteiger partial charge in [-0.3, -0.25) is 0 Å². The van der Waals surface area contributed by atoms with E-state index in [4.69, 9.17) is 15.2 Å². The molecule has 0 bridgehead atoms. The van der Waals surface area contributed by atoms with Crippen LogP contribution in [0.2, 0.25) is 0 Å². The molecule has 4 aromatic rings. The number of sulfone groups is 1. The van der Waals surface area contributed by atoms with E-state index >= 15 is 0 Å². The van der Waals surface area contributed by atoms with Crippen LogP contribution in [-0.2, 0) is 14.6 Å². The maximum atomic E-state index is 13.4.